The van der Waals surface area contributed by atoms with E-state index in [1.165, 1.54) is 29.5 Å². The number of piperidine rings is 1. The largest absolute Gasteiger partial charge is 0.390 e. The zero-order valence-corrected chi connectivity index (χ0v) is 15.3. The molecule has 4 rings (SSSR count). The Labute approximate surface area is 149 Å². The number of nitrogens with one attached hydrogen (secondary N) is 1. The maximum Gasteiger partial charge on any atom is 0.253 e. The Kier molecular flexibility index (Phi) is 4.11. The molecule has 2 N–H and O–H groups in total. The van der Waals surface area contributed by atoms with E-state index in [2.05, 4.69) is 24.0 Å². The van der Waals surface area contributed by atoms with Gasteiger partial charge in [0.25, 0.3) is 5.91 Å². The topological polar surface area (TPSA) is 56.3 Å². The molecular formula is C21H28N2O2. The number of carbonyl (C=O) groups excluding carboxylic acids is 1. The van der Waals surface area contributed by atoms with Gasteiger partial charge in [-0.25, -0.2) is 0 Å². The number of aryl methyl sites for hydroxylation is 2. The van der Waals surface area contributed by atoms with Crippen LogP contribution in [0.25, 0.3) is 10.9 Å². The van der Waals surface area contributed by atoms with Gasteiger partial charge in [0.15, 0.2) is 0 Å². The van der Waals surface area contributed by atoms with Gasteiger partial charge in [-0.2, -0.15) is 0 Å². The molecule has 0 saturated carbocycles. The normalized spacial score (nSPS) is 26.7. The molecule has 2 heterocycles. The van der Waals surface area contributed by atoms with Crippen molar-refractivity contribution in [2.75, 3.05) is 13.1 Å². The van der Waals surface area contributed by atoms with Gasteiger partial charge in [-0.05, 0) is 69.2 Å². The summed E-state index contributed by atoms with van der Waals surface area (Å²) in [5.41, 5.74) is 4.03. The van der Waals surface area contributed by atoms with Gasteiger partial charge in [0.05, 0.1) is 5.60 Å². The van der Waals surface area contributed by atoms with E-state index in [1.54, 1.807) is 0 Å². The number of carbonyl (C=O) groups is 1. The first-order chi connectivity index (χ1) is 12.0. The van der Waals surface area contributed by atoms with Crippen molar-refractivity contribution < 1.29 is 9.90 Å². The molecule has 0 unspecified atom stereocenters. The first-order valence-corrected chi connectivity index (χ1v) is 9.64. The molecule has 1 saturated heterocycles. The lowest BCUT2D eigenvalue weighted by Crippen LogP contribution is -2.51. The average molecular weight is 340 g/mol. The minimum absolute atomic E-state index is 0.0987. The third kappa shape index (κ3) is 2.86. The number of hydrogen-bond acceptors (Lipinski definition) is 2. The summed E-state index contributed by atoms with van der Waals surface area (Å²) >= 11 is 0. The van der Waals surface area contributed by atoms with Crippen LogP contribution in [0.3, 0.4) is 0 Å². The van der Waals surface area contributed by atoms with Crippen molar-refractivity contribution >= 4 is 16.8 Å². The van der Waals surface area contributed by atoms with Crippen molar-refractivity contribution in [1.29, 1.82) is 0 Å². The number of nitrogens with zero attached hydrogens (tertiary/aromatic N) is 1. The highest BCUT2D eigenvalue weighted by Crippen LogP contribution is 2.32. The van der Waals surface area contributed by atoms with Crippen LogP contribution in [0.5, 0.6) is 0 Å². The van der Waals surface area contributed by atoms with Crippen LogP contribution in [0.15, 0.2) is 18.2 Å². The summed E-state index contributed by atoms with van der Waals surface area (Å²) in [6.07, 6.45) is 6.25. The third-order valence-electron chi connectivity index (χ3n) is 6.33. The Morgan fingerprint density at radius 3 is 2.96 bits per heavy atom. The third-order valence-corrected chi connectivity index (χ3v) is 6.33. The number of amides is 1. The molecule has 1 amide bonds. The van der Waals surface area contributed by atoms with Crippen LogP contribution in [-0.4, -0.2) is 39.6 Å². The Morgan fingerprint density at radius 1 is 1.36 bits per heavy atom. The van der Waals surface area contributed by atoms with E-state index in [9.17, 15) is 9.90 Å². The molecule has 4 heteroatoms. The summed E-state index contributed by atoms with van der Waals surface area (Å²) in [5, 5.41) is 11.7. The molecule has 0 spiro atoms. The maximum absolute atomic E-state index is 13.0. The predicted molar refractivity (Wildman–Crippen MR) is 99.9 cm³/mol. The van der Waals surface area contributed by atoms with Crippen molar-refractivity contribution in [2.45, 2.75) is 58.0 Å². The van der Waals surface area contributed by atoms with Crippen LogP contribution >= 0.6 is 0 Å². The molecule has 1 aromatic heterocycles. The van der Waals surface area contributed by atoms with Gasteiger partial charge in [0.2, 0.25) is 0 Å². The molecule has 1 aliphatic carbocycles. The molecule has 1 aliphatic heterocycles. The lowest BCUT2D eigenvalue weighted by atomic mass is 9.80. The van der Waals surface area contributed by atoms with Gasteiger partial charge in [-0.15, -0.1) is 0 Å². The monoisotopic (exact) mass is 340 g/mol. The number of rotatable bonds is 2. The number of aromatic nitrogens is 1. The summed E-state index contributed by atoms with van der Waals surface area (Å²) in [4.78, 5) is 18.5. The molecule has 2 atom stereocenters. The van der Waals surface area contributed by atoms with Crippen LogP contribution in [-0.2, 0) is 12.8 Å². The predicted octanol–water partition coefficient (Wildman–Crippen LogP) is 3.67. The molecule has 0 bridgehead atoms. The number of aliphatic hydroxyl groups is 1. The van der Waals surface area contributed by atoms with E-state index < -0.39 is 5.60 Å². The van der Waals surface area contributed by atoms with Crippen molar-refractivity contribution in [3.8, 4) is 0 Å². The van der Waals surface area contributed by atoms with Crippen LogP contribution in [0.1, 0.15) is 61.1 Å². The maximum atomic E-state index is 13.0. The zero-order chi connectivity index (χ0) is 17.6. The molecule has 25 heavy (non-hydrogen) atoms. The van der Waals surface area contributed by atoms with E-state index in [0.29, 0.717) is 19.5 Å². The van der Waals surface area contributed by atoms with Crippen LogP contribution in [0.4, 0.5) is 0 Å². The Balaban J connectivity index is 1.62. The second kappa shape index (κ2) is 6.17. The molecule has 2 aliphatic rings. The standard InChI is InChI=1S/C21H28N2O2/c1-3-15-13-23(11-10-21(15,2)25)20(24)14-8-9-19-17(12-14)16-6-4-5-7-18(16)22-19/h8-9,12,15,22,25H,3-7,10-11,13H2,1-2H3/t15-,21+/m0/s1. The zero-order valence-electron chi connectivity index (χ0n) is 15.3. The van der Waals surface area contributed by atoms with Gasteiger partial charge in [-0.3, -0.25) is 4.79 Å². The number of fused-ring (bicyclic) bond motifs is 3. The van der Waals surface area contributed by atoms with E-state index in [4.69, 9.17) is 0 Å². The highest BCUT2D eigenvalue weighted by Gasteiger charge is 2.38. The van der Waals surface area contributed by atoms with Gasteiger partial charge >= 0.3 is 0 Å². The fourth-order valence-electron chi connectivity index (χ4n) is 4.59. The highest BCUT2D eigenvalue weighted by atomic mass is 16.3. The number of H-pyrrole nitrogens is 1. The van der Waals surface area contributed by atoms with E-state index in [1.807, 2.05) is 17.9 Å². The SMILES string of the molecule is CC[C@H]1CN(C(=O)c2ccc3[nH]c4c(c3c2)CCCC4)CC[C@@]1(C)O. The second-order valence-corrected chi connectivity index (χ2v) is 8.01. The Hall–Kier alpha value is -1.81. The minimum atomic E-state index is -0.658. The second-order valence-electron chi connectivity index (χ2n) is 8.01. The van der Waals surface area contributed by atoms with Crippen molar-refractivity contribution in [1.82, 2.24) is 9.88 Å². The first kappa shape index (κ1) is 16.6. The Bertz CT molecular complexity index is 806. The van der Waals surface area contributed by atoms with Gasteiger partial charge in [0.1, 0.15) is 0 Å². The highest BCUT2D eigenvalue weighted by molar-refractivity contribution is 5.99. The van der Waals surface area contributed by atoms with Crippen molar-refractivity contribution in [3.05, 3.63) is 35.0 Å². The van der Waals surface area contributed by atoms with Gasteiger partial charge in [0, 0.05) is 41.2 Å². The fourth-order valence-corrected chi connectivity index (χ4v) is 4.59. The minimum Gasteiger partial charge on any atom is -0.390 e. The summed E-state index contributed by atoms with van der Waals surface area (Å²) in [7, 11) is 0. The van der Waals surface area contributed by atoms with Gasteiger partial charge in [-0.1, -0.05) is 6.92 Å². The van der Waals surface area contributed by atoms with E-state index in [0.717, 1.165) is 30.3 Å². The van der Waals surface area contributed by atoms with Crippen LogP contribution in [0, 0.1) is 5.92 Å². The first-order valence-electron chi connectivity index (χ1n) is 9.64. The van der Waals surface area contributed by atoms with E-state index in [-0.39, 0.29) is 11.8 Å². The number of likely N-dealkylation sites (tertiary alicyclic amines) is 1. The molecule has 1 fully saturated rings. The van der Waals surface area contributed by atoms with Crippen molar-refractivity contribution in [3.63, 3.8) is 0 Å². The summed E-state index contributed by atoms with van der Waals surface area (Å²) in [6, 6.07) is 6.07. The lowest BCUT2D eigenvalue weighted by Gasteiger charge is -2.42. The summed E-state index contributed by atoms with van der Waals surface area (Å²) in [5.74, 6) is 0.246. The van der Waals surface area contributed by atoms with Crippen molar-refractivity contribution in [2.24, 2.45) is 5.92 Å². The van der Waals surface area contributed by atoms with E-state index >= 15 is 0 Å². The number of hydrogen-bond donors (Lipinski definition) is 2. The summed E-state index contributed by atoms with van der Waals surface area (Å²) < 4.78 is 0. The molecule has 4 nitrogen and oxygen atoms in total. The number of aromatic amines is 1. The molecule has 2 aromatic rings. The molecular weight excluding hydrogens is 312 g/mol. The molecule has 1 aromatic carbocycles. The molecule has 0 radical (unpaired) electrons. The number of benzene rings is 1. The quantitative estimate of drug-likeness (QED) is 0.876. The average Bonchev–Trinajstić information content (AvgIpc) is 2.99. The summed E-state index contributed by atoms with van der Waals surface area (Å²) in [6.45, 7) is 5.27. The smallest absolute Gasteiger partial charge is 0.253 e. The van der Waals surface area contributed by atoms with Gasteiger partial charge < -0.3 is 15.0 Å². The van der Waals surface area contributed by atoms with Crippen LogP contribution in [0.2, 0.25) is 0 Å². The Morgan fingerprint density at radius 2 is 2.16 bits per heavy atom. The fraction of sp³-hybridized carbons (Fsp3) is 0.571. The van der Waals surface area contributed by atoms with Crippen LogP contribution < -0.4 is 0 Å². The lowest BCUT2D eigenvalue weighted by molar-refractivity contribution is -0.0521. The molecule has 134 valence electrons.